The van der Waals surface area contributed by atoms with Crippen molar-refractivity contribution >= 4 is 12.0 Å². The second-order valence-corrected chi connectivity index (χ2v) is 4.65. The number of carboxylic acid groups (broad SMARTS) is 1. The Morgan fingerprint density at radius 3 is 2.90 bits per heavy atom. The zero-order valence-corrected chi connectivity index (χ0v) is 11.2. The largest absolute Gasteiger partial charge is 0.476 e. The van der Waals surface area contributed by atoms with E-state index < -0.39 is 5.97 Å². The van der Waals surface area contributed by atoms with Crippen LogP contribution in [0.3, 0.4) is 0 Å². The van der Waals surface area contributed by atoms with Gasteiger partial charge in [-0.25, -0.2) is 14.3 Å². The van der Waals surface area contributed by atoms with Crippen LogP contribution >= 0.6 is 0 Å². The van der Waals surface area contributed by atoms with Gasteiger partial charge < -0.3 is 15.3 Å². The van der Waals surface area contributed by atoms with E-state index in [2.05, 4.69) is 22.6 Å². The van der Waals surface area contributed by atoms with E-state index in [9.17, 15) is 9.59 Å². The highest BCUT2D eigenvalue weighted by atomic mass is 16.4. The Morgan fingerprint density at radius 2 is 2.30 bits per heavy atom. The number of nitrogens with zero attached hydrogens (tertiary/aromatic N) is 4. The summed E-state index contributed by atoms with van der Waals surface area (Å²) in [5, 5.41) is 18.6. The monoisotopic (exact) mass is 279 g/mol. The van der Waals surface area contributed by atoms with E-state index in [0.717, 1.165) is 13.0 Å². The predicted molar refractivity (Wildman–Crippen MR) is 70.3 cm³/mol. The molecule has 2 rings (SSSR count). The van der Waals surface area contributed by atoms with E-state index >= 15 is 0 Å². The molecule has 8 nitrogen and oxygen atoms in total. The number of carbonyl (C=O) groups excluding carboxylic acids is 1. The summed E-state index contributed by atoms with van der Waals surface area (Å²) < 4.78 is 1.39. The van der Waals surface area contributed by atoms with Crippen LogP contribution in [0, 0.1) is 0 Å². The molecule has 1 aromatic heterocycles. The summed E-state index contributed by atoms with van der Waals surface area (Å²) in [5.41, 5.74) is 1.20. The number of aromatic nitrogens is 3. The molecule has 0 atom stereocenters. The third-order valence-corrected chi connectivity index (χ3v) is 3.10. The fourth-order valence-electron chi connectivity index (χ4n) is 1.85. The Morgan fingerprint density at radius 1 is 1.50 bits per heavy atom. The number of amides is 2. The maximum Gasteiger partial charge on any atom is 0.358 e. The van der Waals surface area contributed by atoms with E-state index in [0.29, 0.717) is 19.6 Å². The summed E-state index contributed by atoms with van der Waals surface area (Å²) >= 11 is 0. The van der Waals surface area contributed by atoms with Gasteiger partial charge in [-0.2, -0.15) is 0 Å². The number of hydrogen-bond donors (Lipinski definition) is 2. The Balaban J connectivity index is 1.75. The minimum Gasteiger partial charge on any atom is -0.476 e. The Bertz CT molecular complexity index is 537. The summed E-state index contributed by atoms with van der Waals surface area (Å²) in [6.45, 7) is 4.17. The van der Waals surface area contributed by atoms with Gasteiger partial charge in [0, 0.05) is 19.6 Å². The SMILES string of the molecule is CC1=CCN(C(=O)NCCn2cc(C(=O)O)nn2)CC1. The molecule has 0 aliphatic carbocycles. The second-order valence-electron chi connectivity index (χ2n) is 4.65. The average Bonchev–Trinajstić information content (AvgIpc) is 2.88. The number of urea groups is 1. The van der Waals surface area contributed by atoms with Crippen molar-refractivity contribution in [2.75, 3.05) is 19.6 Å². The summed E-state index contributed by atoms with van der Waals surface area (Å²) in [7, 11) is 0. The van der Waals surface area contributed by atoms with Crippen LogP contribution in [0.1, 0.15) is 23.8 Å². The first-order valence-corrected chi connectivity index (χ1v) is 6.38. The topological polar surface area (TPSA) is 100 Å². The predicted octanol–water partition coefficient (Wildman–Crippen LogP) is 0.338. The van der Waals surface area contributed by atoms with E-state index in [1.807, 2.05) is 6.08 Å². The molecule has 2 heterocycles. The van der Waals surface area contributed by atoms with Crippen LogP contribution in [0.5, 0.6) is 0 Å². The Hall–Kier alpha value is -2.38. The molecule has 2 amide bonds. The van der Waals surface area contributed by atoms with Crippen molar-refractivity contribution in [1.29, 1.82) is 0 Å². The van der Waals surface area contributed by atoms with Crippen LogP contribution in [-0.2, 0) is 6.54 Å². The van der Waals surface area contributed by atoms with E-state index in [1.165, 1.54) is 16.5 Å². The third-order valence-electron chi connectivity index (χ3n) is 3.10. The fourth-order valence-corrected chi connectivity index (χ4v) is 1.85. The number of nitrogens with one attached hydrogen (secondary N) is 1. The fraction of sp³-hybridized carbons (Fsp3) is 0.500. The zero-order valence-electron chi connectivity index (χ0n) is 11.2. The molecule has 0 fully saturated rings. The molecule has 0 saturated heterocycles. The first-order chi connectivity index (χ1) is 9.56. The van der Waals surface area contributed by atoms with Crippen LogP contribution in [-0.4, -0.2) is 56.6 Å². The smallest absolute Gasteiger partial charge is 0.358 e. The highest BCUT2D eigenvalue weighted by Crippen LogP contribution is 2.09. The van der Waals surface area contributed by atoms with Gasteiger partial charge in [-0.3, -0.25) is 0 Å². The van der Waals surface area contributed by atoms with Crippen molar-refractivity contribution < 1.29 is 14.7 Å². The average molecular weight is 279 g/mol. The Kier molecular flexibility index (Phi) is 4.34. The molecule has 0 aromatic carbocycles. The van der Waals surface area contributed by atoms with Gasteiger partial charge in [-0.15, -0.1) is 5.10 Å². The van der Waals surface area contributed by atoms with Gasteiger partial charge in [-0.05, 0) is 13.3 Å². The minimum absolute atomic E-state index is 0.104. The molecule has 1 aliphatic heterocycles. The minimum atomic E-state index is -1.12. The molecular weight excluding hydrogens is 262 g/mol. The second kappa shape index (κ2) is 6.18. The van der Waals surface area contributed by atoms with E-state index in [1.54, 1.807) is 4.90 Å². The van der Waals surface area contributed by atoms with Gasteiger partial charge in [0.15, 0.2) is 5.69 Å². The van der Waals surface area contributed by atoms with Crippen molar-refractivity contribution in [3.8, 4) is 0 Å². The molecule has 0 spiro atoms. The zero-order chi connectivity index (χ0) is 14.5. The van der Waals surface area contributed by atoms with Crippen molar-refractivity contribution in [3.63, 3.8) is 0 Å². The summed E-state index contributed by atoms with van der Waals surface area (Å²) in [4.78, 5) is 24.2. The van der Waals surface area contributed by atoms with Gasteiger partial charge in [0.05, 0.1) is 12.7 Å². The van der Waals surface area contributed by atoms with Crippen LogP contribution in [0.2, 0.25) is 0 Å². The highest BCUT2D eigenvalue weighted by Gasteiger charge is 2.15. The lowest BCUT2D eigenvalue weighted by Crippen LogP contribution is -2.43. The maximum absolute atomic E-state index is 11.9. The quantitative estimate of drug-likeness (QED) is 0.774. The Labute approximate surface area is 116 Å². The number of rotatable bonds is 4. The molecule has 0 radical (unpaired) electrons. The maximum atomic E-state index is 11.9. The molecule has 1 aromatic rings. The summed E-state index contributed by atoms with van der Waals surface area (Å²) in [5.74, 6) is -1.12. The van der Waals surface area contributed by atoms with Crippen LogP contribution in [0.25, 0.3) is 0 Å². The van der Waals surface area contributed by atoms with Gasteiger partial charge >= 0.3 is 12.0 Å². The first kappa shape index (κ1) is 14.0. The van der Waals surface area contributed by atoms with Crippen molar-refractivity contribution in [1.82, 2.24) is 25.2 Å². The van der Waals surface area contributed by atoms with Crippen LogP contribution < -0.4 is 5.32 Å². The van der Waals surface area contributed by atoms with Crippen molar-refractivity contribution in [2.45, 2.75) is 19.9 Å². The molecule has 1 aliphatic rings. The summed E-state index contributed by atoms with van der Waals surface area (Å²) in [6, 6.07) is -0.118. The first-order valence-electron chi connectivity index (χ1n) is 6.38. The van der Waals surface area contributed by atoms with Gasteiger partial charge in [0.1, 0.15) is 0 Å². The molecule has 0 saturated carbocycles. The molecule has 8 heteroatoms. The van der Waals surface area contributed by atoms with Gasteiger partial charge in [0.2, 0.25) is 0 Å². The molecule has 108 valence electrons. The molecule has 2 N–H and O–H groups in total. The van der Waals surface area contributed by atoms with Crippen LogP contribution in [0.15, 0.2) is 17.8 Å². The standard InChI is InChI=1S/C12H17N5O3/c1-9-2-5-16(6-3-9)12(20)13-4-7-17-8-10(11(18)19)14-15-17/h2,8H,3-7H2,1H3,(H,13,20)(H,18,19). The van der Waals surface area contributed by atoms with E-state index in [-0.39, 0.29) is 11.7 Å². The number of aromatic carboxylic acids is 1. The molecule has 20 heavy (non-hydrogen) atoms. The van der Waals surface area contributed by atoms with Crippen molar-refractivity contribution in [2.24, 2.45) is 0 Å². The lowest BCUT2D eigenvalue weighted by atomic mass is 10.1. The number of hydrogen-bond acceptors (Lipinski definition) is 4. The lowest BCUT2D eigenvalue weighted by Gasteiger charge is -2.25. The third kappa shape index (κ3) is 3.56. The van der Waals surface area contributed by atoms with Gasteiger partial charge in [0.25, 0.3) is 0 Å². The molecule has 0 unspecified atom stereocenters. The lowest BCUT2D eigenvalue weighted by molar-refractivity contribution is 0.0690. The number of carbonyl (C=O) groups is 2. The number of carboxylic acids is 1. The molecular formula is C12H17N5O3. The normalized spacial score (nSPS) is 14.8. The summed E-state index contributed by atoms with van der Waals surface area (Å²) in [6.07, 6.45) is 4.28. The molecule has 0 bridgehead atoms. The van der Waals surface area contributed by atoms with Gasteiger partial charge in [-0.1, -0.05) is 16.9 Å². The van der Waals surface area contributed by atoms with E-state index in [4.69, 9.17) is 5.11 Å². The van der Waals surface area contributed by atoms with Crippen molar-refractivity contribution in [3.05, 3.63) is 23.5 Å². The highest BCUT2D eigenvalue weighted by molar-refractivity contribution is 5.84. The van der Waals surface area contributed by atoms with Crippen LogP contribution in [0.4, 0.5) is 4.79 Å².